The number of carbonyl (C=O) groups excluding carboxylic acids is 2. The maximum atomic E-state index is 11.7. The van der Waals surface area contributed by atoms with Crippen molar-refractivity contribution in [3.05, 3.63) is 30.1 Å². The molecule has 0 aliphatic carbocycles. The van der Waals surface area contributed by atoms with Crippen LogP contribution < -0.4 is 0 Å². The third-order valence-electron chi connectivity index (χ3n) is 2.33. The van der Waals surface area contributed by atoms with Crippen molar-refractivity contribution in [1.29, 1.82) is 0 Å². The summed E-state index contributed by atoms with van der Waals surface area (Å²) < 4.78 is 9.66. The van der Waals surface area contributed by atoms with Gasteiger partial charge in [-0.1, -0.05) is 6.07 Å². The number of nitrogens with zero attached hydrogens (tertiary/aromatic N) is 2. The van der Waals surface area contributed by atoms with Crippen LogP contribution in [0.2, 0.25) is 0 Å². The Morgan fingerprint density at radius 1 is 1.30 bits per heavy atom. The second kappa shape index (κ2) is 8.79. The minimum atomic E-state index is -1.12. The normalized spacial score (nSPS) is 10.8. The van der Waals surface area contributed by atoms with Crippen LogP contribution in [0.5, 0.6) is 0 Å². The predicted octanol–water partition coefficient (Wildman–Crippen LogP) is 1.39. The molecule has 0 aliphatic rings. The van der Waals surface area contributed by atoms with Gasteiger partial charge in [-0.15, -0.1) is 0 Å². The lowest BCUT2D eigenvalue weighted by atomic mass is 10.1. The first-order valence-corrected chi connectivity index (χ1v) is 6.41. The van der Waals surface area contributed by atoms with Gasteiger partial charge in [0.15, 0.2) is 5.92 Å². The molecule has 0 saturated heterocycles. The third kappa shape index (κ3) is 5.17. The molecule has 0 aromatic carbocycles. The van der Waals surface area contributed by atoms with Gasteiger partial charge in [-0.05, 0) is 25.5 Å². The van der Waals surface area contributed by atoms with Crippen molar-refractivity contribution in [3.63, 3.8) is 0 Å². The highest BCUT2D eigenvalue weighted by molar-refractivity contribution is 6.09. The molecule has 1 aromatic rings. The van der Waals surface area contributed by atoms with Gasteiger partial charge in [0.05, 0.1) is 19.8 Å². The van der Waals surface area contributed by atoms with Gasteiger partial charge < -0.3 is 9.47 Å². The maximum Gasteiger partial charge on any atom is 0.325 e. The molecule has 0 aliphatic heterocycles. The number of hydrogen-bond acceptors (Lipinski definition) is 6. The van der Waals surface area contributed by atoms with Crippen LogP contribution in [-0.2, 0) is 25.6 Å². The number of rotatable bonds is 7. The molecule has 0 amide bonds. The molecular formula is C14H18N2O4. The van der Waals surface area contributed by atoms with Crippen molar-refractivity contribution < 1.29 is 19.1 Å². The Hall–Kier alpha value is -2.24. The molecule has 0 N–H and O–H groups in total. The summed E-state index contributed by atoms with van der Waals surface area (Å²) in [6.45, 7) is 4.08. The molecule has 108 valence electrons. The lowest BCUT2D eigenvalue weighted by Crippen LogP contribution is -2.29. The Kier molecular flexibility index (Phi) is 6.95. The highest BCUT2D eigenvalue weighted by atomic mass is 16.6. The van der Waals surface area contributed by atoms with Gasteiger partial charge in [0.2, 0.25) is 0 Å². The summed E-state index contributed by atoms with van der Waals surface area (Å²) in [6.07, 6.45) is 4.59. The summed E-state index contributed by atoms with van der Waals surface area (Å²) in [5, 5.41) is 0. The summed E-state index contributed by atoms with van der Waals surface area (Å²) in [6, 6.07) is 3.65. The van der Waals surface area contributed by atoms with Gasteiger partial charge in [-0.3, -0.25) is 19.6 Å². The Balaban J connectivity index is 2.68. The number of aliphatic imine (C=N–C) groups is 1. The van der Waals surface area contributed by atoms with E-state index in [1.165, 1.54) is 6.21 Å². The van der Waals surface area contributed by atoms with Gasteiger partial charge in [0.1, 0.15) is 0 Å². The number of aromatic nitrogens is 1. The molecular weight excluding hydrogens is 260 g/mol. The molecule has 0 bridgehead atoms. The molecule has 20 heavy (non-hydrogen) atoms. The number of carbonyl (C=O) groups is 2. The van der Waals surface area contributed by atoms with E-state index in [0.717, 1.165) is 5.56 Å². The van der Waals surface area contributed by atoms with Crippen molar-refractivity contribution >= 4 is 18.2 Å². The predicted molar refractivity (Wildman–Crippen MR) is 73.2 cm³/mol. The Morgan fingerprint density at radius 2 is 1.95 bits per heavy atom. The zero-order valence-electron chi connectivity index (χ0n) is 11.6. The molecule has 6 nitrogen and oxygen atoms in total. The van der Waals surface area contributed by atoms with Crippen LogP contribution in [0.25, 0.3) is 0 Å². The standard InChI is InChI=1S/C14H18N2O4/c1-3-19-13(17)12(14(18)20-4-2)10-16-9-11-6-5-7-15-8-11/h5-8,10,12H,3-4,9H2,1-2H3. The molecule has 0 saturated carbocycles. The summed E-state index contributed by atoms with van der Waals surface area (Å²) in [7, 11) is 0. The van der Waals surface area contributed by atoms with Crippen LogP contribution >= 0.6 is 0 Å². The van der Waals surface area contributed by atoms with Crippen LogP contribution in [-0.4, -0.2) is 36.4 Å². The van der Waals surface area contributed by atoms with Crippen LogP contribution in [0.1, 0.15) is 19.4 Å². The molecule has 1 aromatic heterocycles. The van der Waals surface area contributed by atoms with E-state index in [2.05, 4.69) is 9.98 Å². The van der Waals surface area contributed by atoms with Gasteiger partial charge in [-0.25, -0.2) is 0 Å². The summed E-state index contributed by atoms with van der Waals surface area (Å²) in [5.74, 6) is -2.42. The fraction of sp³-hybridized carbons (Fsp3) is 0.429. The first kappa shape index (κ1) is 15.8. The molecule has 0 spiro atoms. The van der Waals surface area contributed by atoms with Gasteiger partial charge >= 0.3 is 11.9 Å². The molecule has 1 heterocycles. The number of hydrogen-bond donors (Lipinski definition) is 0. The van der Waals surface area contributed by atoms with Gasteiger partial charge in [-0.2, -0.15) is 0 Å². The lowest BCUT2D eigenvalue weighted by Gasteiger charge is -2.09. The fourth-order valence-corrected chi connectivity index (χ4v) is 1.44. The lowest BCUT2D eigenvalue weighted by molar-refractivity contribution is -0.157. The second-order valence-corrected chi connectivity index (χ2v) is 3.83. The van der Waals surface area contributed by atoms with Crippen LogP contribution in [0, 0.1) is 5.92 Å². The van der Waals surface area contributed by atoms with Crippen molar-refractivity contribution in [1.82, 2.24) is 4.98 Å². The van der Waals surface area contributed by atoms with E-state index in [1.54, 1.807) is 32.3 Å². The first-order valence-electron chi connectivity index (χ1n) is 6.41. The van der Waals surface area contributed by atoms with E-state index in [0.29, 0.717) is 6.54 Å². The van der Waals surface area contributed by atoms with E-state index < -0.39 is 17.9 Å². The van der Waals surface area contributed by atoms with Crippen LogP contribution in [0.15, 0.2) is 29.5 Å². The second-order valence-electron chi connectivity index (χ2n) is 3.83. The Morgan fingerprint density at radius 3 is 2.45 bits per heavy atom. The zero-order chi connectivity index (χ0) is 14.8. The minimum absolute atomic E-state index is 0.200. The first-order chi connectivity index (χ1) is 9.69. The quantitative estimate of drug-likeness (QED) is 0.428. The molecule has 0 fully saturated rings. The smallest absolute Gasteiger partial charge is 0.325 e. The Bertz CT molecular complexity index is 442. The summed E-state index contributed by atoms with van der Waals surface area (Å²) >= 11 is 0. The molecule has 0 unspecified atom stereocenters. The van der Waals surface area contributed by atoms with E-state index in [4.69, 9.17) is 9.47 Å². The zero-order valence-corrected chi connectivity index (χ0v) is 11.6. The number of pyridine rings is 1. The topological polar surface area (TPSA) is 77.9 Å². The average molecular weight is 278 g/mol. The van der Waals surface area contributed by atoms with Crippen molar-refractivity contribution in [2.75, 3.05) is 13.2 Å². The largest absolute Gasteiger partial charge is 0.465 e. The van der Waals surface area contributed by atoms with Crippen molar-refractivity contribution in [2.45, 2.75) is 20.4 Å². The Labute approximate surface area is 117 Å². The minimum Gasteiger partial charge on any atom is -0.465 e. The monoisotopic (exact) mass is 278 g/mol. The maximum absolute atomic E-state index is 11.7. The highest BCUT2D eigenvalue weighted by Crippen LogP contribution is 2.03. The summed E-state index contributed by atoms with van der Waals surface area (Å²) in [4.78, 5) is 31.4. The van der Waals surface area contributed by atoms with Gasteiger partial charge in [0, 0.05) is 18.6 Å². The molecule has 6 heteroatoms. The van der Waals surface area contributed by atoms with E-state index in [9.17, 15) is 9.59 Å². The van der Waals surface area contributed by atoms with E-state index in [1.807, 2.05) is 6.07 Å². The highest BCUT2D eigenvalue weighted by Gasteiger charge is 2.27. The fourth-order valence-electron chi connectivity index (χ4n) is 1.44. The van der Waals surface area contributed by atoms with E-state index >= 15 is 0 Å². The SMILES string of the molecule is CCOC(=O)C(C=NCc1cccnc1)C(=O)OCC. The molecule has 0 atom stereocenters. The summed E-state index contributed by atoms with van der Waals surface area (Å²) in [5.41, 5.74) is 0.884. The van der Waals surface area contributed by atoms with Crippen LogP contribution in [0.4, 0.5) is 0 Å². The van der Waals surface area contributed by atoms with E-state index in [-0.39, 0.29) is 13.2 Å². The van der Waals surface area contributed by atoms with Gasteiger partial charge in [0.25, 0.3) is 0 Å². The average Bonchev–Trinajstić information content (AvgIpc) is 2.45. The van der Waals surface area contributed by atoms with Crippen molar-refractivity contribution in [2.24, 2.45) is 10.9 Å². The number of ether oxygens (including phenoxy) is 2. The molecule has 0 radical (unpaired) electrons. The third-order valence-corrected chi connectivity index (χ3v) is 2.33. The van der Waals surface area contributed by atoms with Crippen molar-refractivity contribution in [3.8, 4) is 0 Å². The van der Waals surface area contributed by atoms with Crippen LogP contribution in [0.3, 0.4) is 0 Å². The number of esters is 2. The molecule has 1 rings (SSSR count).